The second-order valence-corrected chi connectivity index (χ2v) is 7.17. The number of hydrogen-bond acceptors (Lipinski definition) is 4. The van der Waals surface area contributed by atoms with Gasteiger partial charge in [0.05, 0.1) is 10.7 Å². The molecular weight excluding hydrogens is 392 g/mol. The molecule has 1 fully saturated rings. The number of pyridine rings is 1. The monoisotopic (exact) mass is 416 g/mol. The molecule has 2 heterocycles. The Morgan fingerprint density at radius 3 is 2.41 bits per heavy atom. The molecule has 0 saturated carbocycles. The molecule has 2 N–H and O–H groups in total. The fraction of sp³-hybridized carbons (Fsp3) is 0.333. The predicted molar refractivity (Wildman–Crippen MR) is 114 cm³/mol. The molecule has 1 saturated heterocycles. The Hall–Kier alpha value is -2.93. The number of aromatic nitrogens is 1. The van der Waals surface area contributed by atoms with Gasteiger partial charge in [0.2, 0.25) is 0 Å². The summed E-state index contributed by atoms with van der Waals surface area (Å²) >= 11 is 6.30. The van der Waals surface area contributed by atoms with Crippen molar-refractivity contribution in [1.82, 2.24) is 10.3 Å². The van der Waals surface area contributed by atoms with Crippen LogP contribution >= 0.6 is 11.6 Å². The maximum atomic E-state index is 12.8. The zero-order valence-corrected chi connectivity index (χ0v) is 17.9. The molecule has 1 aliphatic heterocycles. The number of nitrogens with one attached hydrogen (secondary N) is 2. The maximum absolute atomic E-state index is 12.8. The van der Waals surface area contributed by atoms with Crippen molar-refractivity contribution in [3.63, 3.8) is 0 Å². The minimum Gasteiger partial charge on any atom is -0.323 e. The number of carbonyl (C=O) groups excluding carboxylic acids is 3. The van der Waals surface area contributed by atoms with Gasteiger partial charge in [0.15, 0.2) is 0 Å². The number of imide groups is 1. The molecule has 0 spiro atoms. The third-order valence-corrected chi connectivity index (χ3v) is 5.02. The highest BCUT2D eigenvalue weighted by Gasteiger charge is 2.50. The molecule has 1 aromatic carbocycles. The summed E-state index contributed by atoms with van der Waals surface area (Å²) in [6.45, 7) is 9.41. The first-order valence-corrected chi connectivity index (χ1v) is 9.80. The largest absolute Gasteiger partial charge is 0.329 e. The van der Waals surface area contributed by atoms with Gasteiger partial charge in [0.1, 0.15) is 11.2 Å². The smallest absolute Gasteiger partial charge is 0.323 e. The average molecular weight is 417 g/mol. The SMILES string of the molecule is CC.CC(C)[C@]1(C)NC(=O)N(c2ccc(NC(=O)c3ccccn3)cc2Cl)C1=O. The number of benzene rings is 1. The van der Waals surface area contributed by atoms with Crippen molar-refractivity contribution in [1.29, 1.82) is 0 Å². The lowest BCUT2D eigenvalue weighted by molar-refractivity contribution is -0.122. The first-order chi connectivity index (χ1) is 13.7. The van der Waals surface area contributed by atoms with Gasteiger partial charge >= 0.3 is 6.03 Å². The standard InChI is InChI=1S/C19H19ClN4O3.C2H6/c1-11(2)19(3)17(26)24(18(27)23-19)15-8-7-12(10-13(15)20)22-16(25)14-6-4-5-9-21-14;1-2/h4-11H,1-3H3,(H,22,25)(H,23,27);1-2H3/t19-;/m0./s1. The number of carbonyl (C=O) groups is 3. The molecule has 0 unspecified atom stereocenters. The minimum atomic E-state index is -0.994. The lowest BCUT2D eigenvalue weighted by atomic mass is 9.88. The minimum absolute atomic E-state index is 0.0883. The van der Waals surface area contributed by atoms with E-state index in [1.54, 1.807) is 31.2 Å². The Bertz CT molecular complexity index is 917. The van der Waals surface area contributed by atoms with Gasteiger partial charge in [-0.05, 0) is 43.2 Å². The molecule has 1 aliphatic rings. The van der Waals surface area contributed by atoms with Crippen molar-refractivity contribution in [2.75, 3.05) is 10.2 Å². The Labute approximate surface area is 175 Å². The summed E-state index contributed by atoms with van der Waals surface area (Å²) in [5.74, 6) is -0.842. The van der Waals surface area contributed by atoms with Gasteiger partial charge in [-0.25, -0.2) is 9.69 Å². The second-order valence-electron chi connectivity index (χ2n) is 6.76. The summed E-state index contributed by atoms with van der Waals surface area (Å²) in [5, 5.41) is 5.58. The van der Waals surface area contributed by atoms with E-state index >= 15 is 0 Å². The lowest BCUT2D eigenvalue weighted by Crippen LogP contribution is -2.48. The Morgan fingerprint density at radius 1 is 1.21 bits per heavy atom. The fourth-order valence-electron chi connectivity index (χ4n) is 2.72. The van der Waals surface area contributed by atoms with Gasteiger partial charge in [0, 0.05) is 11.9 Å². The van der Waals surface area contributed by atoms with Crippen molar-refractivity contribution in [3.05, 3.63) is 53.3 Å². The van der Waals surface area contributed by atoms with Crippen molar-refractivity contribution in [2.24, 2.45) is 5.92 Å². The predicted octanol–water partition coefficient (Wildman–Crippen LogP) is 4.48. The molecule has 154 valence electrons. The highest BCUT2D eigenvalue weighted by atomic mass is 35.5. The molecule has 7 nitrogen and oxygen atoms in total. The number of anilines is 2. The normalized spacial score (nSPS) is 18.2. The van der Waals surface area contributed by atoms with Gasteiger partial charge < -0.3 is 10.6 Å². The topological polar surface area (TPSA) is 91.4 Å². The van der Waals surface area contributed by atoms with Crippen molar-refractivity contribution >= 4 is 40.8 Å². The van der Waals surface area contributed by atoms with Gasteiger partial charge in [0.25, 0.3) is 11.8 Å². The van der Waals surface area contributed by atoms with Crippen LogP contribution in [0.4, 0.5) is 16.2 Å². The van der Waals surface area contributed by atoms with Crippen LogP contribution in [0.2, 0.25) is 5.02 Å². The van der Waals surface area contributed by atoms with E-state index in [2.05, 4.69) is 15.6 Å². The van der Waals surface area contributed by atoms with E-state index in [9.17, 15) is 14.4 Å². The molecule has 1 atom stereocenters. The number of amides is 4. The van der Waals surface area contributed by atoms with Crippen molar-refractivity contribution < 1.29 is 14.4 Å². The van der Waals surface area contributed by atoms with E-state index in [0.29, 0.717) is 5.69 Å². The van der Waals surface area contributed by atoms with Crippen LogP contribution in [0.3, 0.4) is 0 Å². The highest BCUT2D eigenvalue weighted by Crippen LogP contribution is 2.35. The Morgan fingerprint density at radius 2 is 1.90 bits per heavy atom. The Balaban J connectivity index is 0.00000145. The van der Waals surface area contributed by atoms with Gasteiger partial charge in [-0.15, -0.1) is 0 Å². The van der Waals surface area contributed by atoms with Crippen LogP contribution in [0.5, 0.6) is 0 Å². The molecule has 8 heteroatoms. The fourth-order valence-corrected chi connectivity index (χ4v) is 2.99. The summed E-state index contributed by atoms with van der Waals surface area (Å²) in [7, 11) is 0. The molecule has 3 rings (SSSR count). The van der Waals surface area contributed by atoms with E-state index in [1.807, 2.05) is 27.7 Å². The summed E-state index contributed by atoms with van der Waals surface area (Å²) in [6.07, 6.45) is 1.52. The summed E-state index contributed by atoms with van der Waals surface area (Å²) in [5.41, 5.74) is -0.0383. The number of rotatable bonds is 4. The third-order valence-electron chi connectivity index (χ3n) is 4.72. The van der Waals surface area contributed by atoms with E-state index in [1.165, 1.54) is 18.3 Å². The number of halogens is 1. The van der Waals surface area contributed by atoms with Crippen LogP contribution in [0.15, 0.2) is 42.6 Å². The summed E-state index contributed by atoms with van der Waals surface area (Å²) < 4.78 is 0. The van der Waals surface area contributed by atoms with E-state index in [4.69, 9.17) is 11.6 Å². The van der Waals surface area contributed by atoms with E-state index < -0.39 is 11.6 Å². The number of urea groups is 1. The van der Waals surface area contributed by atoms with Gasteiger partial charge in [-0.2, -0.15) is 0 Å². The first-order valence-electron chi connectivity index (χ1n) is 9.42. The molecule has 2 aromatic rings. The van der Waals surface area contributed by atoms with Crippen LogP contribution in [0.1, 0.15) is 45.1 Å². The first kappa shape index (κ1) is 22.4. The van der Waals surface area contributed by atoms with Crippen LogP contribution in [-0.2, 0) is 4.79 Å². The zero-order valence-electron chi connectivity index (χ0n) is 17.1. The van der Waals surface area contributed by atoms with Crippen molar-refractivity contribution in [3.8, 4) is 0 Å². The molecule has 0 aliphatic carbocycles. The maximum Gasteiger partial charge on any atom is 0.329 e. The van der Waals surface area contributed by atoms with E-state index in [-0.39, 0.29) is 34.1 Å². The highest BCUT2D eigenvalue weighted by molar-refractivity contribution is 6.36. The molecule has 0 bridgehead atoms. The van der Waals surface area contributed by atoms with Crippen LogP contribution in [0.25, 0.3) is 0 Å². The second kappa shape index (κ2) is 9.05. The summed E-state index contributed by atoms with van der Waals surface area (Å²) in [4.78, 5) is 42.3. The molecule has 0 radical (unpaired) electrons. The van der Waals surface area contributed by atoms with Gasteiger partial charge in [-0.1, -0.05) is 45.4 Å². The quantitative estimate of drug-likeness (QED) is 0.718. The molecule has 1 aromatic heterocycles. The average Bonchev–Trinajstić information content (AvgIpc) is 2.94. The van der Waals surface area contributed by atoms with Crippen LogP contribution in [0, 0.1) is 5.92 Å². The van der Waals surface area contributed by atoms with Crippen molar-refractivity contribution in [2.45, 2.75) is 40.2 Å². The van der Waals surface area contributed by atoms with Gasteiger partial charge in [-0.3, -0.25) is 14.6 Å². The zero-order chi connectivity index (χ0) is 21.8. The van der Waals surface area contributed by atoms with Crippen LogP contribution in [-0.4, -0.2) is 28.4 Å². The van der Waals surface area contributed by atoms with Crippen LogP contribution < -0.4 is 15.5 Å². The Kier molecular flexibility index (Phi) is 6.97. The van der Waals surface area contributed by atoms with E-state index in [0.717, 1.165) is 4.90 Å². The summed E-state index contributed by atoms with van der Waals surface area (Å²) in [6, 6.07) is 9.08. The number of hydrogen-bond donors (Lipinski definition) is 2. The molecular formula is C21H25ClN4O3. The third kappa shape index (κ3) is 4.40. The number of nitrogens with zero attached hydrogens (tertiary/aromatic N) is 2. The lowest BCUT2D eigenvalue weighted by Gasteiger charge is -2.25. The molecule has 4 amide bonds. The molecule has 29 heavy (non-hydrogen) atoms.